The third kappa shape index (κ3) is 2.68. The Bertz CT molecular complexity index is 839. The van der Waals surface area contributed by atoms with Crippen molar-refractivity contribution in [2.24, 2.45) is 11.8 Å². The number of nitrogens with zero attached hydrogens (tertiary/aromatic N) is 1. The topological polar surface area (TPSA) is 72.9 Å². The number of amides is 2. The van der Waals surface area contributed by atoms with Crippen molar-refractivity contribution in [1.29, 1.82) is 0 Å². The SMILES string of the molecule is CC(=O)COC12CCC(O1)[C@@H]1C(=O)N(c3cccc(C(F)(F)F)c3)C(=O)[C@@H]12. The molecule has 9 heteroatoms. The Kier molecular flexibility index (Phi) is 3.94. The van der Waals surface area contributed by atoms with Gasteiger partial charge in [0.05, 0.1) is 23.3 Å². The number of carbonyl (C=O) groups excluding carboxylic acids is 3. The number of hydrogen-bond donors (Lipinski definition) is 0. The summed E-state index contributed by atoms with van der Waals surface area (Å²) in [5, 5.41) is 0. The lowest BCUT2D eigenvalue weighted by Gasteiger charge is -2.30. The van der Waals surface area contributed by atoms with Gasteiger partial charge in [0, 0.05) is 6.42 Å². The maximum atomic E-state index is 13.0. The minimum absolute atomic E-state index is 0.129. The Morgan fingerprint density at radius 1 is 1.33 bits per heavy atom. The van der Waals surface area contributed by atoms with Gasteiger partial charge >= 0.3 is 6.18 Å². The fraction of sp³-hybridized carbons (Fsp3) is 0.500. The Morgan fingerprint density at radius 2 is 2.07 bits per heavy atom. The second-order valence-corrected chi connectivity index (χ2v) is 7.06. The maximum absolute atomic E-state index is 13.0. The van der Waals surface area contributed by atoms with Crippen LogP contribution in [0.2, 0.25) is 0 Å². The van der Waals surface area contributed by atoms with Crippen molar-refractivity contribution in [1.82, 2.24) is 0 Å². The molecule has 4 atom stereocenters. The molecule has 0 saturated carbocycles. The number of Topliss-reactive ketones (excluding diaryl/α,β-unsaturated/α-hetero) is 1. The third-order valence-corrected chi connectivity index (χ3v) is 5.31. The Balaban J connectivity index is 1.68. The normalized spacial score (nSPS) is 32.3. The van der Waals surface area contributed by atoms with Gasteiger partial charge in [0.25, 0.3) is 0 Å². The van der Waals surface area contributed by atoms with E-state index < -0.39 is 47.3 Å². The average molecular weight is 383 g/mol. The second kappa shape index (κ2) is 5.87. The molecule has 2 amide bonds. The van der Waals surface area contributed by atoms with Crippen LogP contribution in [0.3, 0.4) is 0 Å². The molecule has 0 radical (unpaired) electrons. The molecule has 1 aromatic carbocycles. The number of anilines is 1. The van der Waals surface area contributed by atoms with Crippen molar-refractivity contribution in [2.45, 2.75) is 37.8 Å². The van der Waals surface area contributed by atoms with E-state index in [0.717, 1.165) is 23.1 Å². The van der Waals surface area contributed by atoms with Crippen LogP contribution in [-0.2, 0) is 30.0 Å². The second-order valence-electron chi connectivity index (χ2n) is 7.06. The molecule has 1 aromatic rings. The summed E-state index contributed by atoms with van der Waals surface area (Å²) < 4.78 is 50.3. The quantitative estimate of drug-likeness (QED) is 0.746. The summed E-state index contributed by atoms with van der Waals surface area (Å²) in [6.45, 7) is 1.06. The van der Waals surface area contributed by atoms with Gasteiger partial charge in [-0.05, 0) is 31.5 Å². The number of halogens is 3. The maximum Gasteiger partial charge on any atom is 0.416 e. The fourth-order valence-corrected chi connectivity index (χ4v) is 4.22. The molecule has 2 unspecified atom stereocenters. The number of rotatable bonds is 4. The van der Waals surface area contributed by atoms with Crippen molar-refractivity contribution < 1.29 is 37.0 Å². The van der Waals surface area contributed by atoms with Crippen LogP contribution in [-0.4, -0.2) is 36.1 Å². The Hall–Kier alpha value is -2.26. The summed E-state index contributed by atoms with van der Waals surface area (Å²) in [4.78, 5) is 37.9. The van der Waals surface area contributed by atoms with Crippen molar-refractivity contribution in [2.75, 3.05) is 11.5 Å². The predicted molar refractivity (Wildman–Crippen MR) is 84.4 cm³/mol. The van der Waals surface area contributed by atoms with E-state index in [4.69, 9.17) is 9.47 Å². The molecule has 6 nitrogen and oxygen atoms in total. The molecule has 3 saturated heterocycles. The van der Waals surface area contributed by atoms with Crippen molar-refractivity contribution in [3.05, 3.63) is 29.8 Å². The molecule has 3 aliphatic rings. The zero-order chi connectivity index (χ0) is 19.6. The van der Waals surface area contributed by atoms with E-state index in [1.54, 1.807) is 0 Å². The Labute approximate surface area is 152 Å². The van der Waals surface area contributed by atoms with Crippen LogP contribution in [0.15, 0.2) is 24.3 Å². The number of alkyl halides is 3. The molecular formula is C18H16F3NO5. The minimum Gasteiger partial charge on any atom is -0.345 e. The van der Waals surface area contributed by atoms with Crippen molar-refractivity contribution in [3.8, 4) is 0 Å². The number of benzene rings is 1. The smallest absolute Gasteiger partial charge is 0.345 e. The first-order valence-corrected chi connectivity index (χ1v) is 8.50. The molecule has 144 valence electrons. The summed E-state index contributed by atoms with van der Waals surface area (Å²) in [6, 6.07) is 4.10. The van der Waals surface area contributed by atoms with Gasteiger partial charge in [0.2, 0.25) is 11.8 Å². The van der Waals surface area contributed by atoms with Gasteiger partial charge in [0.1, 0.15) is 12.5 Å². The van der Waals surface area contributed by atoms with Gasteiger partial charge in [-0.15, -0.1) is 0 Å². The first kappa shape index (κ1) is 18.1. The number of hydrogen-bond acceptors (Lipinski definition) is 5. The largest absolute Gasteiger partial charge is 0.416 e. The molecule has 3 aliphatic heterocycles. The highest BCUT2D eigenvalue weighted by Crippen LogP contribution is 2.56. The van der Waals surface area contributed by atoms with E-state index in [0.29, 0.717) is 12.8 Å². The lowest BCUT2D eigenvalue weighted by molar-refractivity contribution is -0.216. The summed E-state index contributed by atoms with van der Waals surface area (Å²) in [7, 11) is 0. The average Bonchev–Trinajstić information content (AvgIpc) is 3.23. The lowest BCUT2D eigenvalue weighted by Crippen LogP contribution is -2.44. The van der Waals surface area contributed by atoms with Crippen LogP contribution in [0.5, 0.6) is 0 Å². The molecule has 0 aromatic heterocycles. The molecule has 3 fully saturated rings. The summed E-state index contributed by atoms with van der Waals surface area (Å²) in [5.41, 5.74) is -1.07. The molecular weight excluding hydrogens is 367 g/mol. The van der Waals surface area contributed by atoms with Crippen molar-refractivity contribution >= 4 is 23.3 Å². The zero-order valence-electron chi connectivity index (χ0n) is 14.3. The summed E-state index contributed by atoms with van der Waals surface area (Å²) in [5.74, 6) is -4.65. The van der Waals surface area contributed by atoms with Gasteiger partial charge in [-0.1, -0.05) is 6.07 Å². The summed E-state index contributed by atoms with van der Waals surface area (Å²) >= 11 is 0. The van der Waals surface area contributed by atoms with Crippen LogP contribution in [0.1, 0.15) is 25.3 Å². The highest BCUT2D eigenvalue weighted by molar-refractivity contribution is 6.23. The summed E-state index contributed by atoms with van der Waals surface area (Å²) in [6.07, 6.45) is -4.31. The van der Waals surface area contributed by atoms with E-state index in [9.17, 15) is 27.6 Å². The molecule has 0 aliphatic carbocycles. The molecule has 2 bridgehead atoms. The van der Waals surface area contributed by atoms with E-state index in [1.807, 2.05) is 0 Å². The molecule has 0 spiro atoms. The van der Waals surface area contributed by atoms with Gasteiger partial charge in [-0.2, -0.15) is 13.2 Å². The fourth-order valence-electron chi connectivity index (χ4n) is 4.22. The lowest BCUT2D eigenvalue weighted by atomic mass is 9.79. The first-order valence-electron chi connectivity index (χ1n) is 8.50. The van der Waals surface area contributed by atoms with Gasteiger partial charge < -0.3 is 9.47 Å². The molecule has 0 N–H and O–H groups in total. The highest BCUT2D eigenvalue weighted by atomic mass is 19.4. The van der Waals surface area contributed by atoms with Crippen LogP contribution in [0, 0.1) is 11.8 Å². The van der Waals surface area contributed by atoms with Gasteiger partial charge in [0.15, 0.2) is 11.6 Å². The van der Waals surface area contributed by atoms with E-state index in [-0.39, 0.29) is 18.1 Å². The number of ketones is 1. The monoisotopic (exact) mass is 383 g/mol. The molecule has 3 heterocycles. The van der Waals surface area contributed by atoms with E-state index in [2.05, 4.69) is 0 Å². The van der Waals surface area contributed by atoms with Gasteiger partial charge in [-0.3, -0.25) is 14.4 Å². The number of imide groups is 1. The van der Waals surface area contributed by atoms with Crippen molar-refractivity contribution in [3.63, 3.8) is 0 Å². The van der Waals surface area contributed by atoms with Gasteiger partial charge in [-0.25, -0.2) is 4.90 Å². The van der Waals surface area contributed by atoms with Crippen LogP contribution < -0.4 is 4.90 Å². The highest BCUT2D eigenvalue weighted by Gasteiger charge is 2.70. The minimum atomic E-state index is -4.59. The predicted octanol–water partition coefficient (Wildman–Crippen LogP) is 2.31. The zero-order valence-corrected chi connectivity index (χ0v) is 14.3. The van der Waals surface area contributed by atoms with Crippen LogP contribution >= 0.6 is 0 Å². The standard InChI is InChI=1S/C18H16F3NO5/c1-9(23)8-26-17-6-5-12(27-17)13-14(17)16(25)22(15(13)24)11-4-2-3-10(7-11)18(19,20)21/h2-4,7,12-14H,5-6,8H2,1H3/t12?,13-,14+,17?/m0/s1. The molecule has 27 heavy (non-hydrogen) atoms. The van der Waals surface area contributed by atoms with E-state index in [1.165, 1.54) is 13.0 Å². The first-order chi connectivity index (χ1) is 12.6. The Morgan fingerprint density at radius 3 is 2.74 bits per heavy atom. The van der Waals surface area contributed by atoms with E-state index >= 15 is 0 Å². The number of ether oxygens (including phenoxy) is 2. The van der Waals surface area contributed by atoms with Crippen LogP contribution in [0.4, 0.5) is 18.9 Å². The third-order valence-electron chi connectivity index (χ3n) is 5.31. The molecule has 4 rings (SSSR count). The van der Waals surface area contributed by atoms with Crippen LogP contribution in [0.25, 0.3) is 0 Å². The number of fused-ring (bicyclic) bond motifs is 5. The number of carbonyl (C=O) groups is 3.